The zero-order valence-corrected chi connectivity index (χ0v) is 13.5. The fraction of sp³-hybridized carbons (Fsp3) is 0.235. The second-order valence-electron chi connectivity index (χ2n) is 5.29. The first-order chi connectivity index (χ1) is 10.1. The van der Waals surface area contributed by atoms with Crippen molar-refractivity contribution in [2.75, 3.05) is 10.7 Å². The molecule has 2 aromatic rings. The van der Waals surface area contributed by atoms with Crippen molar-refractivity contribution in [1.82, 2.24) is 0 Å². The van der Waals surface area contributed by atoms with E-state index in [1.807, 2.05) is 29.2 Å². The molecular weight excluding hydrogens is 302 g/mol. The van der Waals surface area contributed by atoms with Gasteiger partial charge in [0.15, 0.2) is 0 Å². The van der Waals surface area contributed by atoms with Crippen LogP contribution in [-0.2, 0) is 4.79 Å². The van der Waals surface area contributed by atoms with Crippen molar-refractivity contribution in [1.29, 1.82) is 0 Å². The van der Waals surface area contributed by atoms with Gasteiger partial charge in [0.2, 0.25) is 5.91 Å². The number of thioether (sulfide) groups is 1. The lowest BCUT2D eigenvalue weighted by molar-refractivity contribution is -0.115. The summed E-state index contributed by atoms with van der Waals surface area (Å²) in [6, 6.07) is 14.0. The molecule has 0 aromatic heterocycles. The molecule has 1 fully saturated rings. The highest BCUT2D eigenvalue weighted by Crippen LogP contribution is 2.44. The van der Waals surface area contributed by atoms with Crippen LogP contribution in [0.2, 0.25) is 5.02 Å². The molecule has 0 bridgehead atoms. The van der Waals surface area contributed by atoms with Crippen LogP contribution >= 0.6 is 23.4 Å². The Kier molecular flexibility index (Phi) is 3.96. The number of rotatable bonds is 2. The lowest BCUT2D eigenvalue weighted by atomic mass is 10.1. The molecule has 1 heterocycles. The minimum atomic E-state index is -0.0487. The van der Waals surface area contributed by atoms with Gasteiger partial charge < -0.3 is 0 Å². The molecule has 21 heavy (non-hydrogen) atoms. The van der Waals surface area contributed by atoms with Crippen LogP contribution in [-0.4, -0.2) is 11.7 Å². The zero-order valence-electron chi connectivity index (χ0n) is 12.0. The topological polar surface area (TPSA) is 20.3 Å². The highest BCUT2D eigenvalue weighted by molar-refractivity contribution is 8.00. The maximum Gasteiger partial charge on any atom is 0.238 e. The molecule has 1 saturated heterocycles. The normalized spacial score (nSPS) is 18.3. The summed E-state index contributed by atoms with van der Waals surface area (Å²) in [5.74, 6) is 0.623. The van der Waals surface area contributed by atoms with Gasteiger partial charge in [-0.2, -0.15) is 0 Å². The van der Waals surface area contributed by atoms with Gasteiger partial charge >= 0.3 is 0 Å². The summed E-state index contributed by atoms with van der Waals surface area (Å²) in [5, 5.41) is 0.659. The lowest BCUT2D eigenvalue weighted by Crippen LogP contribution is -2.28. The third kappa shape index (κ3) is 2.81. The maximum absolute atomic E-state index is 12.4. The van der Waals surface area contributed by atoms with Crippen LogP contribution in [0.1, 0.15) is 22.1 Å². The van der Waals surface area contributed by atoms with Gasteiger partial charge in [-0.15, -0.1) is 11.8 Å². The summed E-state index contributed by atoms with van der Waals surface area (Å²) in [4.78, 5) is 14.2. The number of hydrogen-bond donors (Lipinski definition) is 0. The van der Waals surface area contributed by atoms with Gasteiger partial charge in [-0.3, -0.25) is 9.69 Å². The van der Waals surface area contributed by atoms with Gasteiger partial charge in [0, 0.05) is 16.3 Å². The summed E-state index contributed by atoms with van der Waals surface area (Å²) < 4.78 is 0. The molecule has 3 rings (SSSR count). The monoisotopic (exact) mass is 317 g/mol. The molecule has 2 nitrogen and oxygen atoms in total. The SMILES string of the molecule is Cc1cc(C)cc(N2C(=O)CS[C@H]2c2ccccc2Cl)c1. The molecule has 0 N–H and O–H groups in total. The third-order valence-electron chi connectivity index (χ3n) is 3.52. The Morgan fingerprint density at radius 3 is 2.48 bits per heavy atom. The molecule has 0 unspecified atom stereocenters. The summed E-state index contributed by atoms with van der Waals surface area (Å²) in [6.07, 6.45) is 0. The fourth-order valence-corrected chi connectivity index (χ4v) is 4.22. The highest BCUT2D eigenvalue weighted by Gasteiger charge is 2.35. The summed E-state index contributed by atoms with van der Waals surface area (Å²) >= 11 is 7.94. The van der Waals surface area contributed by atoms with Crippen LogP contribution in [0.5, 0.6) is 0 Å². The number of benzene rings is 2. The number of nitrogens with zero attached hydrogens (tertiary/aromatic N) is 1. The summed E-state index contributed by atoms with van der Waals surface area (Å²) in [6.45, 7) is 4.10. The molecule has 0 aliphatic carbocycles. The second kappa shape index (κ2) is 5.74. The van der Waals surface area contributed by atoms with Gasteiger partial charge in [0.05, 0.1) is 5.75 Å². The number of carbonyl (C=O) groups excluding carboxylic acids is 1. The zero-order chi connectivity index (χ0) is 15.0. The Morgan fingerprint density at radius 2 is 1.81 bits per heavy atom. The highest BCUT2D eigenvalue weighted by atomic mass is 35.5. The fourth-order valence-electron chi connectivity index (χ4n) is 2.70. The second-order valence-corrected chi connectivity index (χ2v) is 6.77. The Hall–Kier alpha value is -1.45. The van der Waals surface area contributed by atoms with E-state index in [1.54, 1.807) is 11.8 Å². The van der Waals surface area contributed by atoms with E-state index < -0.39 is 0 Å². The van der Waals surface area contributed by atoms with Crippen molar-refractivity contribution in [2.45, 2.75) is 19.2 Å². The van der Waals surface area contributed by atoms with Crippen molar-refractivity contribution in [2.24, 2.45) is 0 Å². The average Bonchev–Trinajstić information content (AvgIpc) is 2.80. The predicted octanol–water partition coefficient (Wildman–Crippen LogP) is 4.74. The van der Waals surface area contributed by atoms with Gasteiger partial charge in [0.25, 0.3) is 0 Å². The van der Waals surface area contributed by atoms with E-state index in [0.29, 0.717) is 10.8 Å². The number of hydrogen-bond acceptors (Lipinski definition) is 2. The van der Waals surface area contributed by atoms with E-state index in [9.17, 15) is 4.79 Å². The van der Waals surface area contributed by atoms with E-state index in [2.05, 4.69) is 32.0 Å². The molecule has 2 aromatic carbocycles. The van der Waals surface area contributed by atoms with Crippen molar-refractivity contribution in [3.05, 3.63) is 64.2 Å². The smallest absolute Gasteiger partial charge is 0.238 e. The first-order valence-electron chi connectivity index (χ1n) is 6.82. The summed E-state index contributed by atoms with van der Waals surface area (Å²) in [5.41, 5.74) is 4.27. The summed E-state index contributed by atoms with van der Waals surface area (Å²) in [7, 11) is 0. The van der Waals surface area contributed by atoms with E-state index in [1.165, 1.54) is 0 Å². The van der Waals surface area contributed by atoms with Gasteiger partial charge in [0.1, 0.15) is 5.37 Å². The Bertz CT molecular complexity index is 681. The molecule has 0 saturated carbocycles. The first-order valence-corrected chi connectivity index (χ1v) is 8.25. The molecule has 0 spiro atoms. The number of halogens is 1. The van der Waals surface area contributed by atoms with Crippen LogP contribution < -0.4 is 4.90 Å². The van der Waals surface area contributed by atoms with Crippen LogP contribution in [0.4, 0.5) is 5.69 Å². The number of aryl methyl sites for hydroxylation is 2. The quantitative estimate of drug-likeness (QED) is 0.797. The van der Waals surface area contributed by atoms with E-state index >= 15 is 0 Å². The predicted molar refractivity (Wildman–Crippen MR) is 90.1 cm³/mol. The number of anilines is 1. The van der Waals surface area contributed by atoms with E-state index in [0.717, 1.165) is 22.4 Å². The molecule has 0 radical (unpaired) electrons. The van der Waals surface area contributed by atoms with Crippen LogP contribution in [0.3, 0.4) is 0 Å². The number of carbonyl (C=O) groups is 1. The Morgan fingerprint density at radius 1 is 1.14 bits per heavy atom. The molecule has 1 amide bonds. The van der Waals surface area contributed by atoms with Crippen molar-refractivity contribution in [3.63, 3.8) is 0 Å². The number of amides is 1. The van der Waals surface area contributed by atoms with E-state index in [-0.39, 0.29) is 11.3 Å². The largest absolute Gasteiger partial charge is 0.295 e. The Balaban J connectivity index is 2.06. The van der Waals surface area contributed by atoms with Gasteiger partial charge in [-0.25, -0.2) is 0 Å². The minimum absolute atomic E-state index is 0.0487. The molecule has 4 heteroatoms. The molecule has 108 valence electrons. The van der Waals surface area contributed by atoms with Crippen LogP contribution in [0.15, 0.2) is 42.5 Å². The van der Waals surface area contributed by atoms with Crippen molar-refractivity contribution >= 4 is 35.0 Å². The van der Waals surface area contributed by atoms with Gasteiger partial charge in [-0.05, 0) is 43.2 Å². The van der Waals surface area contributed by atoms with E-state index in [4.69, 9.17) is 11.6 Å². The van der Waals surface area contributed by atoms with Gasteiger partial charge in [-0.1, -0.05) is 35.9 Å². The van der Waals surface area contributed by atoms with Crippen LogP contribution in [0, 0.1) is 13.8 Å². The minimum Gasteiger partial charge on any atom is -0.295 e. The molecular formula is C17H16ClNOS. The molecule has 1 aliphatic heterocycles. The van der Waals surface area contributed by atoms with Crippen LogP contribution in [0.25, 0.3) is 0 Å². The maximum atomic E-state index is 12.4. The first kappa shape index (κ1) is 14.5. The van der Waals surface area contributed by atoms with Crippen molar-refractivity contribution in [3.8, 4) is 0 Å². The molecule has 1 atom stereocenters. The molecule has 1 aliphatic rings. The Labute approximate surface area is 134 Å². The standard InChI is InChI=1S/C17H16ClNOS/c1-11-7-12(2)9-13(8-11)19-16(20)10-21-17(19)14-5-3-4-6-15(14)18/h3-9,17H,10H2,1-2H3/t17-/m0/s1. The average molecular weight is 318 g/mol. The lowest BCUT2D eigenvalue weighted by Gasteiger charge is -2.25. The third-order valence-corrected chi connectivity index (χ3v) is 5.06. The van der Waals surface area contributed by atoms with Crippen molar-refractivity contribution < 1.29 is 4.79 Å².